The predicted molar refractivity (Wildman–Crippen MR) is 68.9 cm³/mol. The molecule has 0 aliphatic heterocycles. The molecule has 1 aromatic heterocycles. The van der Waals surface area contributed by atoms with Gasteiger partial charge in [-0.05, 0) is 25.5 Å². The molecule has 0 amide bonds. The molecular weight excluding hydrogens is 235 g/mol. The average Bonchev–Trinajstić information content (AvgIpc) is 2.32. The Bertz CT molecular complexity index is 605. The predicted octanol–water partition coefficient (Wildman–Crippen LogP) is 3.82. The molecule has 88 valence electrons. The topological polar surface area (TPSA) is 28.7 Å². The summed E-state index contributed by atoms with van der Waals surface area (Å²) in [7, 11) is 0. The molecule has 2 rings (SSSR count). The van der Waals surface area contributed by atoms with Crippen LogP contribution >= 0.6 is 12.2 Å². The molecule has 0 radical (unpaired) electrons. The third kappa shape index (κ3) is 2.42. The van der Waals surface area contributed by atoms with E-state index in [2.05, 4.69) is 9.97 Å². The van der Waals surface area contributed by atoms with Crippen molar-refractivity contribution in [1.82, 2.24) is 9.97 Å². The Morgan fingerprint density at radius 1 is 1.41 bits per heavy atom. The van der Waals surface area contributed by atoms with Gasteiger partial charge >= 0.3 is 0 Å². The SMILES string of the molecule is CCc1[nH]c(-c2cccc(F)c2)nc(=S)c1C. The average molecular weight is 248 g/mol. The zero-order valence-corrected chi connectivity index (χ0v) is 10.6. The highest BCUT2D eigenvalue weighted by Crippen LogP contribution is 2.18. The molecule has 1 N–H and O–H groups in total. The highest BCUT2D eigenvalue weighted by molar-refractivity contribution is 7.71. The van der Waals surface area contributed by atoms with Gasteiger partial charge in [0.25, 0.3) is 0 Å². The Morgan fingerprint density at radius 2 is 2.18 bits per heavy atom. The summed E-state index contributed by atoms with van der Waals surface area (Å²) >= 11 is 5.20. The van der Waals surface area contributed by atoms with Gasteiger partial charge in [0.05, 0.1) is 0 Å². The van der Waals surface area contributed by atoms with Gasteiger partial charge in [0.2, 0.25) is 0 Å². The number of hydrogen-bond acceptors (Lipinski definition) is 2. The Balaban J connectivity index is 2.61. The van der Waals surface area contributed by atoms with Crippen LogP contribution in [0.2, 0.25) is 0 Å². The Hall–Kier alpha value is -1.55. The summed E-state index contributed by atoms with van der Waals surface area (Å²) in [5.41, 5.74) is 2.75. The molecular formula is C13H13FN2S. The van der Waals surface area contributed by atoms with Crippen LogP contribution in [0.4, 0.5) is 4.39 Å². The molecule has 0 saturated heterocycles. The molecule has 0 saturated carbocycles. The van der Waals surface area contributed by atoms with E-state index in [-0.39, 0.29) is 5.82 Å². The molecule has 0 aliphatic rings. The number of benzene rings is 1. The minimum absolute atomic E-state index is 0.276. The zero-order valence-electron chi connectivity index (χ0n) is 9.75. The minimum Gasteiger partial charge on any atom is -0.343 e. The lowest BCUT2D eigenvalue weighted by atomic mass is 10.1. The van der Waals surface area contributed by atoms with Crippen molar-refractivity contribution in [2.45, 2.75) is 20.3 Å². The minimum atomic E-state index is -0.276. The van der Waals surface area contributed by atoms with Gasteiger partial charge in [-0.1, -0.05) is 31.3 Å². The van der Waals surface area contributed by atoms with Crippen molar-refractivity contribution in [3.63, 3.8) is 0 Å². The van der Waals surface area contributed by atoms with Gasteiger partial charge in [0, 0.05) is 16.8 Å². The van der Waals surface area contributed by atoms with E-state index in [1.54, 1.807) is 6.07 Å². The van der Waals surface area contributed by atoms with E-state index in [1.807, 2.05) is 19.9 Å². The number of aryl methyl sites for hydroxylation is 1. The first-order chi connectivity index (χ1) is 8.11. The second-order valence-electron chi connectivity index (χ2n) is 3.86. The lowest BCUT2D eigenvalue weighted by molar-refractivity contribution is 0.628. The Kier molecular flexibility index (Phi) is 3.33. The second kappa shape index (κ2) is 4.75. The Morgan fingerprint density at radius 3 is 2.82 bits per heavy atom. The normalized spacial score (nSPS) is 10.5. The molecule has 17 heavy (non-hydrogen) atoms. The highest BCUT2D eigenvalue weighted by Gasteiger charge is 2.06. The van der Waals surface area contributed by atoms with E-state index in [4.69, 9.17) is 12.2 Å². The maximum Gasteiger partial charge on any atom is 0.139 e. The van der Waals surface area contributed by atoms with Crippen LogP contribution in [0.1, 0.15) is 18.2 Å². The summed E-state index contributed by atoms with van der Waals surface area (Å²) in [6.07, 6.45) is 0.848. The summed E-state index contributed by atoms with van der Waals surface area (Å²) < 4.78 is 13.7. The molecule has 0 bridgehead atoms. The fraction of sp³-hybridized carbons (Fsp3) is 0.231. The molecule has 0 fully saturated rings. The zero-order chi connectivity index (χ0) is 12.4. The largest absolute Gasteiger partial charge is 0.343 e. The molecule has 1 heterocycles. The van der Waals surface area contributed by atoms with Crippen LogP contribution in [0.15, 0.2) is 24.3 Å². The number of nitrogens with zero attached hydrogens (tertiary/aromatic N) is 1. The molecule has 1 aromatic carbocycles. The third-order valence-corrected chi connectivity index (χ3v) is 3.11. The van der Waals surface area contributed by atoms with Gasteiger partial charge in [0.1, 0.15) is 16.3 Å². The maximum atomic E-state index is 13.1. The van der Waals surface area contributed by atoms with Crippen molar-refractivity contribution in [3.8, 4) is 11.4 Å². The molecule has 2 aromatic rings. The number of rotatable bonds is 2. The van der Waals surface area contributed by atoms with Crippen molar-refractivity contribution in [2.24, 2.45) is 0 Å². The van der Waals surface area contributed by atoms with E-state index < -0.39 is 0 Å². The third-order valence-electron chi connectivity index (χ3n) is 2.71. The van der Waals surface area contributed by atoms with Gasteiger partial charge in [-0.2, -0.15) is 0 Å². The maximum absolute atomic E-state index is 13.1. The van der Waals surface area contributed by atoms with Gasteiger partial charge in [-0.15, -0.1) is 0 Å². The number of aromatic nitrogens is 2. The van der Waals surface area contributed by atoms with Crippen molar-refractivity contribution >= 4 is 12.2 Å². The van der Waals surface area contributed by atoms with Gasteiger partial charge in [-0.25, -0.2) is 9.37 Å². The molecule has 4 heteroatoms. The number of H-pyrrole nitrogens is 1. The van der Waals surface area contributed by atoms with Gasteiger partial charge in [-0.3, -0.25) is 0 Å². The van der Waals surface area contributed by atoms with Crippen LogP contribution in [0.3, 0.4) is 0 Å². The van der Waals surface area contributed by atoms with Crippen LogP contribution in [-0.4, -0.2) is 9.97 Å². The van der Waals surface area contributed by atoms with E-state index in [1.165, 1.54) is 12.1 Å². The molecule has 2 nitrogen and oxygen atoms in total. The van der Waals surface area contributed by atoms with E-state index in [0.717, 1.165) is 17.7 Å². The van der Waals surface area contributed by atoms with Crippen LogP contribution in [-0.2, 0) is 6.42 Å². The molecule has 0 aliphatic carbocycles. The smallest absolute Gasteiger partial charge is 0.139 e. The van der Waals surface area contributed by atoms with Gasteiger partial charge < -0.3 is 4.98 Å². The van der Waals surface area contributed by atoms with Gasteiger partial charge in [0.15, 0.2) is 0 Å². The number of nitrogens with one attached hydrogen (secondary N) is 1. The Labute approximate surface area is 105 Å². The summed E-state index contributed by atoms with van der Waals surface area (Å²) in [5, 5.41) is 0. The quantitative estimate of drug-likeness (QED) is 0.818. The number of hydrogen-bond donors (Lipinski definition) is 1. The fourth-order valence-electron chi connectivity index (χ4n) is 1.71. The summed E-state index contributed by atoms with van der Waals surface area (Å²) in [6.45, 7) is 3.99. The lowest BCUT2D eigenvalue weighted by Gasteiger charge is -2.07. The van der Waals surface area contributed by atoms with E-state index in [9.17, 15) is 4.39 Å². The monoisotopic (exact) mass is 248 g/mol. The van der Waals surface area contributed by atoms with Crippen LogP contribution in [0.5, 0.6) is 0 Å². The lowest BCUT2D eigenvalue weighted by Crippen LogP contribution is -1.99. The van der Waals surface area contributed by atoms with Crippen LogP contribution < -0.4 is 0 Å². The molecule has 0 unspecified atom stereocenters. The first-order valence-electron chi connectivity index (χ1n) is 5.47. The van der Waals surface area contributed by atoms with Crippen molar-refractivity contribution in [3.05, 3.63) is 46.0 Å². The highest BCUT2D eigenvalue weighted by atomic mass is 32.1. The summed E-state index contributed by atoms with van der Waals surface area (Å²) in [5.74, 6) is 0.346. The molecule has 0 atom stereocenters. The van der Waals surface area contributed by atoms with Crippen LogP contribution in [0, 0.1) is 17.4 Å². The summed E-state index contributed by atoms with van der Waals surface area (Å²) in [6, 6.07) is 6.33. The number of halogens is 1. The van der Waals surface area contributed by atoms with Crippen molar-refractivity contribution in [2.75, 3.05) is 0 Å². The number of aromatic amines is 1. The first kappa shape index (κ1) is 11.9. The fourth-order valence-corrected chi connectivity index (χ4v) is 1.92. The van der Waals surface area contributed by atoms with Crippen LogP contribution in [0.25, 0.3) is 11.4 Å². The standard InChI is InChI=1S/C13H13FN2S/c1-3-11-8(2)13(17)16-12(15-11)9-5-4-6-10(14)7-9/h4-7H,3H2,1-2H3,(H,15,16,17). The van der Waals surface area contributed by atoms with Crippen molar-refractivity contribution in [1.29, 1.82) is 0 Å². The van der Waals surface area contributed by atoms with E-state index >= 15 is 0 Å². The second-order valence-corrected chi connectivity index (χ2v) is 4.24. The molecule has 0 spiro atoms. The van der Waals surface area contributed by atoms with Crippen molar-refractivity contribution < 1.29 is 4.39 Å². The first-order valence-corrected chi connectivity index (χ1v) is 5.88. The van der Waals surface area contributed by atoms with E-state index in [0.29, 0.717) is 16.0 Å². The summed E-state index contributed by atoms with van der Waals surface area (Å²) in [4.78, 5) is 7.49.